The summed E-state index contributed by atoms with van der Waals surface area (Å²) in [6.07, 6.45) is 0. The van der Waals surface area contributed by atoms with Crippen molar-refractivity contribution in [3.05, 3.63) is 83.7 Å². The number of benzene rings is 3. The second-order valence-electron chi connectivity index (χ2n) is 7.83. The molecule has 31 heavy (non-hydrogen) atoms. The van der Waals surface area contributed by atoms with Crippen LogP contribution in [0.5, 0.6) is 11.5 Å². The van der Waals surface area contributed by atoms with Crippen molar-refractivity contribution in [3.63, 3.8) is 0 Å². The van der Waals surface area contributed by atoms with Crippen LogP contribution in [-0.4, -0.2) is 44.0 Å². The highest BCUT2D eigenvalue weighted by molar-refractivity contribution is 6.04. The van der Waals surface area contributed by atoms with Crippen LogP contribution < -0.4 is 15.0 Å². The molecular formula is C25H26FN3O2. The lowest BCUT2D eigenvalue weighted by Gasteiger charge is -2.35. The summed E-state index contributed by atoms with van der Waals surface area (Å²) >= 11 is 0. The van der Waals surface area contributed by atoms with Gasteiger partial charge >= 0.3 is 0 Å². The summed E-state index contributed by atoms with van der Waals surface area (Å²) in [6.45, 7) is 6.20. The predicted molar refractivity (Wildman–Crippen MR) is 122 cm³/mol. The molecule has 1 heterocycles. The maximum atomic E-state index is 13.0. The molecule has 0 aliphatic carbocycles. The highest BCUT2D eigenvalue weighted by atomic mass is 19.1. The minimum atomic E-state index is -0.314. The minimum Gasteiger partial charge on any atom is -0.457 e. The number of carbonyl (C=O) groups excluding carboxylic acids is 1. The molecular weight excluding hydrogens is 393 g/mol. The fourth-order valence-corrected chi connectivity index (χ4v) is 3.65. The molecule has 0 spiro atoms. The average molecular weight is 420 g/mol. The number of nitrogens with one attached hydrogen (secondary N) is 1. The monoisotopic (exact) mass is 419 g/mol. The van der Waals surface area contributed by atoms with Crippen LogP contribution in [0.1, 0.15) is 15.9 Å². The SMILES string of the molecule is Cc1cc(NC(=O)c2ccc(Oc3ccc(F)cc3)cc2)ccc1N1CCN(C)CC1. The van der Waals surface area contributed by atoms with E-state index in [1.165, 1.54) is 17.8 Å². The number of carbonyl (C=O) groups is 1. The zero-order valence-electron chi connectivity index (χ0n) is 17.8. The molecule has 1 N–H and O–H groups in total. The van der Waals surface area contributed by atoms with Gasteiger partial charge in [0.05, 0.1) is 0 Å². The lowest BCUT2D eigenvalue weighted by molar-refractivity contribution is 0.102. The third-order valence-electron chi connectivity index (χ3n) is 5.46. The van der Waals surface area contributed by atoms with Crippen LogP contribution in [0.15, 0.2) is 66.7 Å². The van der Waals surface area contributed by atoms with E-state index in [1.807, 2.05) is 12.1 Å². The van der Waals surface area contributed by atoms with Crippen LogP contribution in [0.3, 0.4) is 0 Å². The number of likely N-dealkylation sites (N-methyl/N-ethyl adjacent to an activating group) is 1. The van der Waals surface area contributed by atoms with Gasteiger partial charge in [0.1, 0.15) is 17.3 Å². The van der Waals surface area contributed by atoms with E-state index in [1.54, 1.807) is 36.4 Å². The van der Waals surface area contributed by atoms with Crippen molar-refractivity contribution in [2.24, 2.45) is 0 Å². The van der Waals surface area contributed by atoms with Gasteiger partial charge in [-0.05, 0) is 86.3 Å². The van der Waals surface area contributed by atoms with Gasteiger partial charge in [-0.3, -0.25) is 4.79 Å². The van der Waals surface area contributed by atoms with E-state index in [-0.39, 0.29) is 11.7 Å². The van der Waals surface area contributed by atoms with Crippen molar-refractivity contribution in [1.29, 1.82) is 0 Å². The summed E-state index contributed by atoms with van der Waals surface area (Å²) in [5.41, 5.74) is 3.66. The molecule has 0 bridgehead atoms. The van der Waals surface area contributed by atoms with Crippen LogP contribution in [0.4, 0.5) is 15.8 Å². The fraction of sp³-hybridized carbons (Fsp3) is 0.240. The normalized spacial score (nSPS) is 14.4. The molecule has 0 radical (unpaired) electrons. The van der Waals surface area contributed by atoms with Crippen molar-refractivity contribution in [3.8, 4) is 11.5 Å². The van der Waals surface area contributed by atoms with Crippen molar-refractivity contribution in [2.75, 3.05) is 43.4 Å². The van der Waals surface area contributed by atoms with Crippen molar-refractivity contribution < 1.29 is 13.9 Å². The topological polar surface area (TPSA) is 44.8 Å². The van der Waals surface area contributed by atoms with E-state index < -0.39 is 0 Å². The Morgan fingerprint density at radius 3 is 2.13 bits per heavy atom. The number of halogens is 1. The Balaban J connectivity index is 1.38. The molecule has 1 fully saturated rings. The summed E-state index contributed by atoms with van der Waals surface area (Å²) in [7, 11) is 2.14. The molecule has 1 amide bonds. The molecule has 1 saturated heterocycles. The van der Waals surface area contributed by atoms with Gasteiger partial charge in [0.15, 0.2) is 0 Å². The zero-order valence-corrected chi connectivity index (χ0v) is 17.8. The van der Waals surface area contributed by atoms with Gasteiger partial charge in [-0.15, -0.1) is 0 Å². The summed E-state index contributed by atoms with van der Waals surface area (Å²) in [5.74, 6) is 0.622. The molecule has 4 rings (SSSR count). The maximum Gasteiger partial charge on any atom is 0.255 e. The third kappa shape index (κ3) is 5.22. The van der Waals surface area contributed by atoms with E-state index in [4.69, 9.17) is 4.74 Å². The highest BCUT2D eigenvalue weighted by Crippen LogP contribution is 2.26. The standard InChI is InChI=1S/C25H26FN3O2/c1-18-17-21(7-12-24(18)29-15-13-28(2)14-16-29)27-25(30)19-3-8-22(9-4-19)31-23-10-5-20(26)6-11-23/h3-12,17H,13-16H2,1-2H3,(H,27,30). The number of hydrogen-bond donors (Lipinski definition) is 1. The summed E-state index contributed by atoms with van der Waals surface area (Å²) in [4.78, 5) is 17.4. The fourth-order valence-electron chi connectivity index (χ4n) is 3.65. The van der Waals surface area contributed by atoms with Crippen LogP contribution >= 0.6 is 0 Å². The predicted octanol–water partition coefficient (Wildman–Crippen LogP) is 4.93. The molecule has 0 atom stereocenters. The van der Waals surface area contributed by atoms with Gasteiger partial charge in [-0.25, -0.2) is 4.39 Å². The second-order valence-corrected chi connectivity index (χ2v) is 7.83. The largest absolute Gasteiger partial charge is 0.457 e. The molecule has 5 nitrogen and oxygen atoms in total. The number of nitrogens with zero attached hydrogens (tertiary/aromatic N) is 2. The molecule has 6 heteroatoms. The van der Waals surface area contributed by atoms with Gasteiger partial charge in [-0.1, -0.05) is 0 Å². The molecule has 1 aliphatic rings. The second kappa shape index (κ2) is 9.18. The first-order chi connectivity index (χ1) is 15.0. The summed E-state index contributed by atoms with van der Waals surface area (Å²) < 4.78 is 18.7. The van der Waals surface area contributed by atoms with Crippen LogP contribution in [0.25, 0.3) is 0 Å². The molecule has 0 unspecified atom stereocenters. The number of aryl methyl sites for hydroxylation is 1. The first-order valence-corrected chi connectivity index (χ1v) is 10.4. The first-order valence-electron chi connectivity index (χ1n) is 10.4. The Morgan fingerprint density at radius 2 is 1.52 bits per heavy atom. The average Bonchev–Trinajstić information content (AvgIpc) is 2.77. The molecule has 0 saturated carbocycles. The Kier molecular flexibility index (Phi) is 6.18. The number of rotatable bonds is 5. The molecule has 3 aromatic carbocycles. The lowest BCUT2D eigenvalue weighted by Crippen LogP contribution is -2.44. The van der Waals surface area contributed by atoms with E-state index in [0.29, 0.717) is 17.1 Å². The number of hydrogen-bond acceptors (Lipinski definition) is 4. The lowest BCUT2D eigenvalue weighted by atomic mass is 10.1. The summed E-state index contributed by atoms with van der Waals surface area (Å²) in [5, 5.41) is 2.96. The van der Waals surface area contributed by atoms with Gasteiger partial charge in [-0.2, -0.15) is 0 Å². The van der Waals surface area contributed by atoms with E-state index >= 15 is 0 Å². The molecule has 1 aliphatic heterocycles. The Hall–Kier alpha value is -3.38. The summed E-state index contributed by atoms with van der Waals surface area (Å²) in [6, 6.07) is 18.7. The van der Waals surface area contributed by atoms with Crippen molar-refractivity contribution in [2.45, 2.75) is 6.92 Å². The Bertz CT molecular complexity index is 1040. The highest BCUT2D eigenvalue weighted by Gasteiger charge is 2.16. The molecule has 0 aromatic heterocycles. The van der Waals surface area contributed by atoms with Crippen molar-refractivity contribution >= 4 is 17.3 Å². The van der Waals surface area contributed by atoms with E-state index in [2.05, 4.69) is 35.2 Å². The van der Waals surface area contributed by atoms with Crippen LogP contribution in [0.2, 0.25) is 0 Å². The number of amides is 1. The van der Waals surface area contributed by atoms with Gasteiger partial charge in [0.25, 0.3) is 5.91 Å². The van der Waals surface area contributed by atoms with Gasteiger partial charge in [0.2, 0.25) is 0 Å². The Morgan fingerprint density at radius 1 is 0.903 bits per heavy atom. The van der Waals surface area contributed by atoms with Crippen molar-refractivity contribution in [1.82, 2.24) is 4.90 Å². The Labute approximate surface area is 182 Å². The minimum absolute atomic E-state index is 0.180. The number of ether oxygens (including phenoxy) is 1. The third-order valence-corrected chi connectivity index (χ3v) is 5.46. The smallest absolute Gasteiger partial charge is 0.255 e. The van der Waals surface area contributed by atoms with E-state index in [9.17, 15) is 9.18 Å². The maximum absolute atomic E-state index is 13.0. The molecule has 3 aromatic rings. The quantitative estimate of drug-likeness (QED) is 0.637. The molecule has 160 valence electrons. The van der Waals surface area contributed by atoms with Crippen LogP contribution in [0, 0.1) is 12.7 Å². The number of piperazine rings is 1. The zero-order chi connectivity index (χ0) is 21.8. The van der Waals surface area contributed by atoms with E-state index in [0.717, 1.165) is 37.4 Å². The van der Waals surface area contributed by atoms with Gasteiger partial charge < -0.3 is 19.9 Å². The van der Waals surface area contributed by atoms with Gasteiger partial charge in [0, 0.05) is 43.1 Å². The number of anilines is 2. The van der Waals surface area contributed by atoms with Crippen LogP contribution in [-0.2, 0) is 0 Å². The first kappa shape index (κ1) is 20.9.